The Bertz CT molecular complexity index is 733. The van der Waals surface area contributed by atoms with E-state index in [0.717, 1.165) is 17.8 Å². The van der Waals surface area contributed by atoms with Gasteiger partial charge in [0.1, 0.15) is 5.65 Å². The largest absolute Gasteiger partial charge is 0.338 e. The number of amides is 2. The monoisotopic (exact) mass is 328 g/mol. The summed E-state index contributed by atoms with van der Waals surface area (Å²) in [4.78, 5) is 19.8. The molecule has 0 aromatic carbocycles. The van der Waals surface area contributed by atoms with Crippen LogP contribution in [0.15, 0.2) is 48.1 Å². The summed E-state index contributed by atoms with van der Waals surface area (Å²) >= 11 is 1.67. The lowest BCUT2D eigenvalue weighted by Crippen LogP contribution is -2.40. The molecule has 1 N–H and O–H groups in total. The van der Waals surface area contributed by atoms with Gasteiger partial charge in [0.15, 0.2) is 0 Å². The minimum absolute atomic E-state index is 0.0235. The average Bonchev–Trinajstić information content (AvgIpc) is 3.21. The molecule has 0 saturated heterocycles. The highest BCUT2D eigenvalue weighted by molar-refractivity contribution is 7.09. The maximum Gasteiger partial charge on any atom is 0.317 e. The second-order valence-corrected chi connectivity index (χ2v) is 6.31. The van der Waals surface area contributed by atoms with Crippen molar-refractivity contribution in [1.82, 2.24) is 19.6 Å². The van der Waals surface area contributed by atoms with Gasteiger partial charge in [-0.25, -0.2) is 9.78 Å². The Balaban J connectivity index is 1.51. The lowest BCUT2D eigenvalue weighted by atomic mass is 10.3. The van der Waals surface area contributed by atoms with Crippen molar-refractivity contribution >= 4 is 23.0 Å². The summed E-state index contributed by atoms with van der Waals surface area (Å²) in [5.74, 6) is 0. The number of hydrogen-bond acceptors (Lipinski definition) is 3. The molecule has 0 unspecified atom stereocenters. The molecule has 0 saturated carbocycles. The third-order valence-electron chi connectivity index (χ3n) is 3.67. The van der Waals surface area contributed by atoms with E-state index in [4.69, 9.17) is 0 Å². The molecular formula is C17H20N4OS. The van der Waals surface area contributed by atoms with Gasteiger partial charge in [0, 0.05) is 36.8 Å². The van der Waals surface area contributed by atoms with Crippen molar-refractivity contribution in [2.75, 3.05) is 13.1 Å². The van der Waals surface area contributed by atoms with E-state index in [1.54, 1.807) is 11.3 Å². The van der Waals surface area contributed by atoms with Gasteiger partial charge in [-0.3, -0.25) is 0 Å². The van der Waals surface area contributed by atoms with Gasteiger partial charge in [-0.2, -0.15) is 0 Å². The van der Waals surface area contributed by atoms with E-state index >= 15 is 0 Å². The van der Waals surface area contributed by atoms with Crippen molar-refractivity contribution in [2.24, 2.45) is 0 Å². The molecule has 0 radical (unpaired) electrons. The molecule has 3 aromatic heterocycles. The van der Waals surface area contributed by atoms with Gasteiger partial charge in [-0.1, -0.05) is 12.1 Å². The van der Waals surface area contributed by atoms with E-state index < -0.39 is 0 Å². The van der Waals surface area contributed by atoms with Gasteiger partial charge < -0.3 is 14.6 Å². The second-order valence-electron chi connectivity index (χ2n) is 5.27. The molecule has 0 spiro atoms. The predicted octanol–water partition coefficient (Wildman–Crippen LogP) is 3.17. The Kier molecular flexibility index (Phi) is 4.92. The van der Waals surface area contributed by atoms with Crippen LogP contribution in [-0.4, -0.2) is 33.4 Å². The highest BCUT2D eigenvalue weighted by Gasteiger charge is 2.12. The van der Waals surface area contributed by atoms with Crippen molar-refractivity contribution in [3.05, 3.63) is 58.7 Å². The molecular weight excluding hydrogens is 308 g/mol. The number of carbonyl (C=O) groups is 1. The van der Waals surface area contributed by atoms with Crippen molar-refractivity contribution < 1.29 is 4.79 Å². The topological polar surface area (TPSA) is 49.6 Å². The summed E-state index contributed by atoms with van der Waals surface area (Å²) in [6.07, 6.45) is 4.71. The number of nitrogens with zero attached hydrogens (tertiary/aromatic N) is 3. The average molecular weight is 328 g/mol. The van der Waals surface area contributed by atoms with Crippen LogP contribution in [0.25, 0.3) is 5.65 Å². The normalized spacial score (nSPS) is 10.8. The Morgan fingerprint density at radius 1 is 1.35 bits per heavy atom. The summed E-state index contributed by atoms with van der Waals surface area (Å²) in [5.41, 5.74) is 1.92. The highest BCUT2D eigenvalue weighted by atomic mass is 32.1. The minimum atomic E-state index is -0.0235. The van der Waals surface area contributed by atoms with E-state index in [1.165, 1.54) is 4.88 Å². The molecule has 0 fully saturated rings. The number of pyridine rings is 1. The van der Waals surface area contributed by atoms with Gasteiger partial charge in [-0.05, 0) is 30.5 Å². The first-order valence-electron chi connectivity index (χ1n) is 7.74. The zero-order chi connectivity index (χ0) is 16.1. The molecule has 0 atom stereocenters. The SMILES string of the molecule is CCN(Cc1cccs1)C(=O)NCCc1cn2ccccc2n1. The first kappa shape index (κ1) is 15.6. The number of rotatable bonds is 6. The molecule has 0 bridgehead atoms. The number of urea groups is 1. The third kappa shape index (κ3) is 3.90. The van der Waals surface area contributed by atoms with E-state index in [-0.39, 0.29) is 6.03 Å². The summed E-state index contributed by atoms with van der Waals surface area (Å²) in [5, 5.41) is 5.01. The van der Waals surface area contributed by atoms with Crippen molar-refractivity contribution in [2.45, 2.75) is 19.9 Å². The Morgan fingerprint density at radius 2 is 2.26 bits per heavy atom. The molecule has 3 heterocycles. The number of carbonyl (C=O) groups excluding carboxylic acids is 1. The van der Waals surface area contributed by atoms with E-state index in [2.05, 4.69) is 16.4 Å². The highest BCUT2D eigenvalue weighted by Crippen LogP contribution is 2.11. The molecule has 6 heteroatoms. The minimum Gasteiger partial charge on any atom is -0.338 e. The number of aromatic nitrogens is 2. The van der Waals surface area contributed by atoms with Crippen molar-refractivity contribution in [1.29, 1.82) is 0 Å². The van der Waals surface area contributed by atoms with Crippen LogP contribution < -0.4 is 5.32 Å². The maximum absolute atomic E-state index is 12.3. The fourth-order valence-electron chi connectivity index (χ4n) is 2.43. The first-order chi connectivity index (χ1) is 11.3. The van der Waals surface area contributed by atoms with Crippen molar-refractivity contribution in [3.8, 4) is 0 Å². The molecule has 3 rings (SSSR count). The van der Waals surface area contributed by atoms with Gasteiger partial charge in [0.25, 0.3) is 0 Å². The molecule has 0 aliphatic rings. The summed E-state index contributed by atoms with van der Waals surface area (Å²) < 4.78 is 1.99. The van der Waals surface area contributed by atoms with Gasteiger partial charge in [-0.15, -0.1) is 11.3 Å². The fourth-order valence-corrected chi connectivity index (χ4v) is 3.15. The molecule has 120 valence electrons. The Hall–Kier alpha value is -2.34. The van der Waals surface area contributed by atoms with E-state index in [9.17, 15) is 4.79 Å². The van der Waals surface area contributed by atoms with Crippen LogP contribution in [0.1, 0.15) is 17.5 Å². The van der Waals surface area contributed by atoms with Crippen LogP contribution in [0.4, 0.5) is 4.79 Å². The maximum atomic E-state index is 12.3. The molecule has 5 nitrogen and oxygen atoms in total. The first-order valence-corrected chi connectivity index (χ1v) is 8.62. The zero-order valence-electron chi connectivity index (χ0n) is 13.1. The standard InChI is InChI=1S/C17H20N4OS/c1-2-20(13-15-6-5-11-23-15)17(22)18-9-8-14-12-21-10-4-3-7-16(21)19-14/h3-7,10-12H,2,8-9,13H2,1H3,(H,18,22). The number of imidazole rings is 1. The summed E-state index contributed by atoms with van der Waals surface area (Å²) in [7, 11) is 0. The number of thiophene rings is 1. The molecule has 23 heavy (non-hydrogen) atoms. The summed E-state index contributed by atoms with van der Waals surface area (Å²) in [6.45, 7) is 3.94. The van der Waals surface area contributed by atoms with Crippen LogP contribution >= 0.6 is 11.3 Å². The van der Waals surface area contributed by atoms with Crippen LogP contribution in [0.3, 0.4) is 0 Å². The van der Waals surface area contributed by atoms with Crippen molar-refractivity contribution in [3.63, 3.8) is 0 Å². The quantitative estimate of drug-likeness (QED) is 0.755. The number of nitrogens with one attached hydrogen (secondary N) is 1. The molecule has 3 aromatic rings. The summed E-state index contributed by atoms with van der Waals surface area (Å²) in [6, 6.07) is 9.96. The van der Waals surface area contributed by atoms with E-state index in [1.807, 2.05) is 58.3 Å². The van der Waals surface area contributed by atoms with Crippen LogP contribution in [0.5, 0.6) is 0 Å². The van der Waals surface area contributed by atoms with Crippen LogP contribution in [0.2, 0.25) is 0 Å². The Labute approximate surface area is 139 Å². The molecule has 0 aliphatic heterocycles. The van der Waals surface area contributed by atoms with E-state index in [0.29, 0.717) is 19.6 Å². The molecule has 2 amide bonds. The van der Waals surface area contributed by atoms with Gasteiger partial charge >= 0.3 is 6.03 Å². The predicted molar refractivity (Wildman–Crippen MR) is 92.7 cm³/mol. The number of hydrogen-bond donors (Lipinski definition) is 1. The molecule has 0 aliphatic carbocycles. The zero-order valence-corrected chi connectivity index (χ0v) is 13.9. The lowest BCUT2D eigenvalue weighted by molar-refractivity contribution is 0.199. The van der Waals surface area contributed by atoms with Crippen LogP contribution in [0, 0.1) is 0 Å². The third-order valence-corrected chi connectivity index (χ3v) is 4.53. The smallest absolute Gasteiger partial charge is 0.317 e. The number of fused-ring (bicyclic) bond motifs is 1. The van der Waals surface area contributed by atoms with Crippen LogP contribution in [-0.2, 0) is 13.0 Å². The lowest BCUT2D eigenvalue weighted by Gasteiger charge is -2.20. The van der Waals surface area contributed by atoms with Gasteiger partial charge in [0.05, 0.1) is 12.2 Å². The van der Waals surface area contributed by atoms with Gasteiger partial charge in [0.2, 0.25) is 0 Å². The fraction of sp³-hybridized carbons (Fsp3) is 0.294. The Morgan fingerprint density at radius 3 is 3.00 bits per heavy atom. The second kappa shape index (κ2) is 7.28.